The second-order valence-corrected chi connectivity index (χ2v) is 6.08. The highest BCUT2D eigenvalue weighted by Gasteiger charge is 2.36. The zero-order valence-corrected chi connectivity index (χ0v) is 15.0. The normalized spacial score (nSPS) is 18.0. The number of hydrogen-bond acceptors (Lipinski definition) is 3. The van der Waals surface area contributed by atoms with Crippen LogP contribution in [0.25, 0.3) is 0 Å². The molecule has 0 aromatic heterocycles. The van der Waals surface area contributed by atoms with E-state index in [1.165, 1.54) is 11.0 Å². The van der Waals surface area contributed by atoms with Crippen molar-refractivity contribution in [3.8, 4) is 0 Å². The molecule has 0 aliphatic carbocycles. The highest BCUT2D eigenvalue weighted by atomic mass is 35.5. The van der Waals surface area contributed by atoms with Crippen molar-refractivity contribution < 1.29 is 18.4 Å². The van der Waals surface area contributed by atoms with Gasteiger partial charge in [-0.2, -0.15) is 0 Å². The molecule has 3 N–H and O–H groups in total. The Morgan fingerprint density at radius 1 is 1.44 bits per heavy atom. The van der Waals surface area contributed by atoms with Gasteiger partial charge >= 0.3 is 0 Å². The molecule has 0 radical (unpaired) electrons. The van der Waals surface area contributed by atoms with Crippen molar-refractivity contribution in [2.24, 2.45) is 11.7 Å². The van der Waals surface area contributed by atoms with Crippen molar-refractivity contribution in [1.29, 1.82) is 0 Å². The van der Waals surface area contributed by atoms with E-state index in [1.54, 1.807) is 0 Å². The molecule has 0 bridgehead atoms. The zero-order valence-electron chi connectivity index (χ0n) is 14.1. The first kappa shape index (κ1) is 21.3. The Bertz CT molecular complexity index is 616. The summed E-state index contributed by atoms with van der Waals surface area (Å²) >= 11 is 0. The topological polar surface area (TPSA) is 75.4 Å². The second-order valence-electron chi connectivity index (χ2n) is 6.08. The highest BCUT2D eigenvalue weighted by Crippen LogP contribution is 2.28. The Kier molecular flexibility index (Phi) is 8.25. The van der Waals surface area contributed by atoms with Crippen LogP contribution < -0.4 is 16.0 Å². The molecule has 25 heavy (non-hydrogen) atoms. The summed E-state index contributed by atoms with van der Waals surface area (Å²) in [6.45, 7) is 2.47. The van der Waals surface area contributed by atoms with E-state index in [2.05, 4.69) is 12.2 Å². The fourth-order valence-electron chi connectivity index (χ4n) is 2.83. The van der Waals surface area contributed by atoms with Gasteiger partial charge in [0.25, 0.3) is 0 Å². The molecule has 1 aromatic rings. The lowest BCUT2D eigenvalue weighted by Gasteiger charge is -2.20. The molecule has 1 fully saturated rings. The van der Waals surface area contributed by atoms with Crippen LogP contribution in [-0.2, 0) is 9.59 Å². The number of unbranched alkanes of at least 4 members (excludes halogenated alkanes) is 1. The van der Waals surface area contributed by atoms with Crippen LogP contribution in [0, 0.1) is 17.6 Å². The maximum atomic E-state index is 13.9. The predicted molar refractivity (Wildman–Crippen MR) is 94.6 cm³/mol. The summed E-state index contributed by atoms with van der Waals surface area (Å²) in [6.07, 6.45) is 2.76. The Labute approximate surface area is 152 Å². The first-order chi connectivity index (χ1) is 11.5. The van der Waals surface area contributed by atoms with Gasteiger partial charge in [-0.25, -0.2) is 8.78 Å². The van der Waals surface area contributed by atoms with Crippen molar-refractivity contribution in [2.45, 2.75) is 38.6 Å². The first-order valence-corrected chi connectivity index (χ1v) is 8.22. The molecule has 140 valence electrons. The summed E-state index contributed by atoms with van der Waals surface area (Å²) in [7, 11) is 0. The molecule has 1 saturated heterocycles. The minimum atomic E-state index is -0.813. The molecule has 1 aliphatic rings. The summed E-state index contributed by atoms with van der Waals surface area (Å²) in [5.74, 6) is -2.68. The molecule has 1 heterocycles. The van der Waals surface area contributed by atoms with Gasteiger partial charge < -0.3 is 16.0 Å². The lowest BCUT2D eigenvalue weighted by atomic mass is 10.1. The van der Waals surface area contributed by atoms with E-state index in [9.17, 15) is 18.4 Å². The summed E-state index contributed by atoms with van der Waals surface area (Å²) in [5.41, 5.74) is 5.66. The number of nitrogens with two attached hydrogens (primary N) is 1. The number of nitrogens with zero attached hydrogens (tertiary/aromatic N) is 1. The molecule has 0 spiro atoms. The van der Waals surface area contributed by atoms with Crippen LogP contribution in [0.5, 0.6) is 0 Å². The minimum Gasteiger partial charge on any atom is -0.352 e. The molecule has 2 rings (SSSR count). The Morgan fingerprint density at radius 3 is 2.76 bits per heavy atom. The van der Waals surface area contributed by atoms with Crippen molar-refractivity contribution in [3.63, 3.8) is 0 Å². The number of amides is 2. The molecule has 1 aromatic carbocycles. The smallest absolute Gasteiger partial charge is 0.227 e. The highest BCUT2D eigenvalue weighted by molar-refractivity contribution is 6.00. The maximum Gasteiger partial charge on any atom is 0.227 e. The van der Waals surface area contributed by atoms with E-state index < -0.39 is 17.6 Å². The van der Waals surface area contributed by atoms with Gasteiger partial charge in [-0.05, 0) is 18.6 Å². The summed E-state index contributed by atoms with van der Waals surface area (Å²) in [5, 5.41) is 2.86. The minimum absolute atomic E-state index is 0. The molecule has 2 atom stereocenters. The molecule has 2 amide bonds. The number of anilines is 1. The van der Waals surface area contributed by atoms with Gasteiger partial charge in [0.15, 0.2) is 0 Å². The van der Waals surface area contributed by atoms with Gasteiger partial charge in [0.05, 0.1) is 11.6 Å². The SMILES string of the molecule is CCCCC(CN)NC(=O)C1CC(=O)N(c2ccc(F)cc2F)C1.Cl. The third-order valence-electron chi connectivity index (χ3n) is 4.23. The number of hydrogen-bond donors (Lipinski definition) is 2. The van der Waals surface area contributed by atoms with Crippen molar-refractivity contribution in [3.05, 3.63) is 29.8 Å². The molecule has 8 heteroatoms. The van der Waals surface area contributed by atoms with Crippen LogP contribution in [0.1, 0.15) is 32.6 Å². The van der Waals surface area contributed by atoms with Crippen molar-refractivity contribution in [2.75, 3.05) is 18.0 Å². The van der Waals surface area contributed by atoms with Crippen LogP contribution >= 0.6 is 12.4 Å². The predicted octanol–water partition coefficient (Wildman–Crippen LogP) is 2.37. The van der Waals surface area contributed by atoms with Gasteiger partial charge in [-0.1, -0.05) is 19.8 Å². The monoisotopic (exact) mass is 375 g/mol. The standard InChI is InChI=1S/C17H23F2N3O2.ClH/c1-2-3-4-13(9-20)21-17(24)11-7-16(23)22(10-11)15-6-5-12(18)8-14(15)19;/h5-6,8,11,13H,2-4,7,9-10,20H2,1H3,(H,21,24);1H. The lowest BCUT2D eigenvalue weighted by molar-refractivity contribution is -0.126. The van der Waals surface area contributed by atoms with Crippen LogP contribution in [0.3, 0.4) is 0 Å². The number of rotatable bonds is 7. The van der Waals surface area contributed by atoms with Crippen LogP contribution in [-0.4, -0.2) is 30.9 Å². The first-order valence-electron chi connectivity index (χ1n) is 8.22. The van der Waals surface area contributed by atoms with E-state index in [4.69, 9.17) is 5.73 Å². The Hall–Kier alpha value is -1.73. The van der Waals surface area contributed by atoms with Crippen molar-refractivity contribution >= 4 is 29.9 Å². The maximum absolute atomic E-state index is 13.9. The Morgan fingerprint density at radius 2 is 2.16 bits per heavy atom. The summed E-state index contributed by atoms with van der Waals surface area (Å²) in [6, 6.07) is 2.91. The average Bonchev–Trinajstić information content (AvgIpc) is 2.93. The molecular weight excluding hydrogens is 352 g/mol. The largest absolute Gasteiger partial charge is 0.352 e. The van der Waals surface area contributed by atoms with E-state index in [0.717, 1.165) is 31.4 Å². The van der Waals surface area contributed by atoms with Crippen molar-refractivity contribution in [1.82, 2.24) is 5.32 Å². The number of carbonyl (C=O) groups is 2. The number of halogens is 3. The number of benzene rings is 1. The average molecular weight is 376 g/mol. The second kappa shape index (κ2) is 9.68. The van der Waals surface area contributed by atoms with E-state index >= 15 is 0 Å². The van der Waals surface area contributed by atoms with Crippen LogP contribution in [0.4, 0.5) is 14.5 Å². The van der Waals surface area contributed by atoms with E-state index in [-0.39, 0.29) is 48.9 Å². The zero-order chi connectivity index (χ0) is 17.7. The lowest BCUT2D eigenvalue weighted by Crippen LogP contribution is -2.43. The Balaban J connectivity index is 0.00000312. The molecule has 1 aliphatic heterocycles. The van der Waals surface area contributed by atoms with Crippen LogP contribution in [0.2, 0.25) is 0 Å². The molecule has 0 saturated carbocycles. The molecule has 5 nitrogen and oxygen atoms in total. The third kappa shape index (κ3) is 5.37. The van der Waals surface area contributed by atoms with E-state index in [1.807, 2.05) is 0 Å². The fraction of sp³-hybridized carbons (Fsp3) is 0.529. The molecular formula is C17H24ClF2N3O2. The summed E-state index contributed by atoms with van der Waals surface area (Å²) < 4.78 is 26.9. The van der Waals surface area contributed by atoms with Crippen LogP contribution in [0.15, 0.2) is 18.2 Å². The van der Waals surface area contributed by atoms with Gasteiger partial charge in [-0.3, -0.25) is 9.59 Å². The quantitative estimate of drug-likeness (QED) is 0.768. The molecule has 2 unspecified atom stereocenters. The van der Waals surface area contributed by atoms with Gasteiger partial charge in [0.1, 0.15) is 11.6 Å². The van der Waals surface area contributed by atoms with Gasteiger partial charge in [0.2, 0.25) is 11.8 Å². The number of nitrogens with one attached hydrogen (secondary N) is 1. The van der Waals surface area contributed by atoms with Gasteiger partial charge in [-0.15, -0.1) is 12.4 Å². The van der Waals surface area contributed by atoms with Gasteiger partial charge in [0, 0.05) is 31.6 Å². The summed E-state index contributed by atoms with van der Waals surface area (Å²) in [4.78, 5) is 25.7. The number of carbonyl (C=O) groups excluding carboxylic acids is 2. The third-order valence-corrected chi connectivity index (χ3v) is 4.23. The van der Waals surface area contributed by atoms with E-state index in [0.29, 0.717) is 6.54 Å². The fourth-order valence-corrected chi connectivity index (χ4v) is 2.83.